The highest BCUT2D eigenvalue weighted by atomic mass is 35.5. The number of nitrogens with two attached hydrogens (primary N) is 3. The van der Waals surface area contributed by atoms with Crippen molar-refractivity contribution in [2.24, 2.45) is 11.5 Å². The fraction of sp³-hybridized carbons (Fsp3) is 0.182. The molecule has 6 N–H and O–H groups in total. The summed E-state index contributed by atoms with van der Waals surface area (Å²) in [6.45, 7) is 7.78. The molecule has 0 bridgehead atoms. The van der Waals surface area contributed by atoms with Crippen molar-refractivity contribution >= 4 is 63.7 Å². The lowest BCUT2D eigenvalue weighted by molar-refractivity contribution is -0.119. The number of nitrogens with zero attached hydrogens (tertiary/aromatic N) is 13. The summed E-state index contributed by atoms with van der Waals surface area (Å²) in [7, 11) is 0. The van der Waals surface area contributed by atoms with Gasteiger partial charge in [0.2, 0.25) is 0 Å². The van der Waals surface area contributed by atoms with Crippen molar-refractivity contribution in [3.63, 3.8) is 0 Å². The molecule has 450 valence electrons. The third-order valence-electron chi connectivity index (χ3n) is 12.5. The van der Waals surface area contributed by atoms with Crippen molar-refractivity contribution in [1.29, 1.82) is 15.8 Å². The number of hydrogen-bond acceptors (Lipinski definition) is 16. The van der Waals surface area contributed by atoms with Gasteiger partial charge in [-0.05, 0) is 160 Å². The highest BCUT2D eigenvalue weighted by Crippen LogP contribution is 2.21. The molecule has 0 spiro atoms. The van der Waals surface area contributed by atoms with Gasteiger partial charge in [-0.2, -0.15) is 31.1 Å². The van der Waals surface area contributed by atoms with Gasteiger partial charge < -0.3 is 17.2 Å². The average Bonchev–Trinajstić information content (AvgIpc) is 2.12. The van der Waals surface area contributed by atoms with Gasteiger partial charge in [-0.25, -0.2) is 29.0 Å². The standard InChI is InChI=1S/C20H19ClN4O2.C20H17ClN4O.C11H12ClN3.C9H8N2O.C6H5N3/c1-13-9-17(25(24-13)16-4-2-3-15(21)11-16)6-7-18(26)10-14-5-8-19(20(22)27)23-12-14;1-14-9-19(25(24-14)18-4-2-3-16(21)11-18)7-8-20(26)10-15-5-6-17(12-22)23-13-15;1-8-5-11(7-13)15(14-8)10-4-2-3-9(12)6-10;1-7(12)4-8-2-3-9(5-10)11-6-8;7-3-6-2-1-5(8)4-9-6/h2-5,8-9,11-12H,6-7,10H2,1H3,(H2,22,27);2-6,9,11,13H,7-8,10H2,1H3;2-6H,7,13H2,1H3;2-3,6H,4H2,1H3;1-2,4H,8H2. The zero-order valence-electron chi connectivity index (χ0n) is 49.1. The van der Waals surface area contributed by atoms with Crippen molar-refractivity contribution in [3.8, 4) is 35.3 Å². The van der Waals surface area contributed by atoms with Crippen molar-refractivity contribution < 1.29 is 19.2 Å². The van der Waals surface area contributed by atoms with Gasteiger partial charge in [0.15, 0.2) is 0 Å². The van der Waals surface area contributed by atoms with Crippen LogP contribution in [0.25, 0.3) is 17.1 Å². The smallest absolute Gasteiger partial charge is 0.267 e. The molecule has 89 heavy (non-hydrogen) atoms. The minimum atomic E-state index is -0.586. The van der Waals surface area contributed by atoms with Crippen LogP contribution < -0.4 is 17.2 Å². The second kappa shape index (κ2) is 34.0. The molecule has 3 aromatic carbocycles. The van der Waals surface area contributed by atoms with Gasteiger partial charge in [0.25, 0.3) is 5.91 Å². The first-order chi connectivity index (χ1) is 42.7. The number of rotatable bonds is 17. The summed E-state index contributed by atoms with van der Waals surface area (Å²) in [6, 6.07) is 47.4. The Kier molecular flexibility index (Phi) is 25.8. The predicted molar refractivity (Wildman–Crippen MR) is 340 cm³/mol. The largest absolute Gasteiger partial charge is 0.397 e. The zero-order chi connectivity index (χ0) is 64.4. The van der Waals surface area contributed by atoms with E-state index in [0.29, 0.717) is 82.9 Å². The minimum Gasteiger partial charge on any atom is -0.397 e. The number of carbonyl (C=O) groups excluding carboxylic acids is 4. The van der Waals surface area contributed by atoms with E-state index in [-0.39, 0.29) is 29.5 Å². The Morgan fingerprint density at radius 2 is 0.854 bits per heavy atom. The van der Waals surface area contributed by atoms with E-state index in [4.69, 9.17) is 67.8 Å². The number of aryl methyl sites for hydroxylation is 5. The van der Waals surface area contributed by atoms with E-state index < -0.39 is 5.91 Å². The molecule has 0 aliphatic heterocycles. The average molecular weight is 1250 g/mol. The molecule has 23 heteroatoms. The zero-order valence-corrected chi connectivity index (χ0v) is 51.3. The van der Waals surface area contributed by atoms with Crippen LogP contribution in [0.4, 0.5) is 5.69 Å². The quantitative estimate of drug-likeness (QED) is 0.0763. The van der Waals surface area contributed by atoms with Crippen molar-refractivity contribution in [3.05, 3.63) is 253 Å². The second-order valence-electron chi connectivity index (χ2n) is 19.9. The van der Waals surface area contributed by atoms with Crippen LogP contribution >= 0.6 is 34.8 Å². The van der Waals surface area contributed by atoms with Crippen LogP contribution in [0.15, 0.2) is 164 Å². The molecule has 7 heterocycles. The van der Waals surface area contributed by atoms with Crippen LogP contribution in [0.5, 0.6) is 0 Å². The van der Waals surface area contributed by atoms with Crippen molar-refractivity contribution in [2.75, 3.05) is 5.73 Å². The Balaban J connectivity index is 0.000000188. The van der Waals surface area contributed by atoms with Gasteiger partial charge >= 0.3 is 0 Å². The third-order valence-corrected chi connectivity index (χ3v) is 13.2. The van der Waals surface area contributed by atoms with E-state index in [0.717, 1.165) is 67.9 Å². The Morgan fingerprint density at radius 1 is 0.483 bits per heavy atom. The monoisotopic (exact) mass is 1250 g/mol. The van der Waals surface area contributed by atoms with Gasteiger partial charge in [0, 0.05) is 83.7 Å². The summed E-state index contributed by atoms with van der Waals surface area (Å²) in [5.41, 5.74) is 28.7. The Morgan fingerprint density at radius 3 is 1.18 bits per heavy atom. The van der Waals surface area contributed by atoms with E-state index >= 15 is 0 Å². The van der Waals surface area contributed by atoms with Crippen LogP contribution in [-0.2, 0) is 53.0 Å². The van der Waals surface area contributed by atoms with E-state index in [9.17, 15) is 19.2 Å². The molecular weight excluding hydrogens is 1190 g/mol. The van der Waals surface area contributed by atoms with Crippen molar-refractivity contribution in [1.82, 2.24) is 49.3 Å². The maximum Gasteiger partial charge on any atom is 0.267 e. The number of ketones is 3. The highest BCUT2D eigenvalue weighted by molar-refractivity contribution is 6.31. The first-order valence-corrected chi connectivity index (χ1v) is 28.6. The summed E-state index contributed by atoms with van der Waals surface area (Å²) in [5.74, 6) is -0.285. The SMILES string of the molecule is CC(=O)Cc1ccc(C#N)nc1.Cc1cc(CCC(=O)Cc2ccc(C#N)nc2)n(-c2cccc(Cl)c2)n1.Cc1cc(CCC(=O)Cc2ccc(C(N)=O)nc2)n(-c2cccc(Cl)c2)n1.Cc1cc(CN)n(-c2cccc(Cl)c2)n1.N#Cc1ccc(N)cn1. The van der Waals surface area contributed by atoms with Crippen LogP contribution in [0.2, 0.25) is 15.1 Å². The third kappa shape index (κ3) is 22.0. The van der Waals surface area contributed by atoms with Gasteiger partial charge in [-0.3, -0.25) is 24.2 Å². The number of Topliss-reactive ketones (excluding diaryl/α,β-unsaturated/α-hetero) is 3. The fourth-order valence-electron chi connectivity index (χ4n) is 8.45. The number of benzene rings is 3. The molecule has 10 aromatic rings. The number of aromatic nitrogens is 10. The van der Waals surface area contributed by atoms with Crippen LogP contribution in [-0.4, -0.2) is 72.5 Å². The number of hydrogen-bond donors (Lipinski definition) is 3. The number of pyridine rings is 4. The molecule has 10 rings (SSSR count). The summed E-state index contributed by atoms with van der Waals surface area (Å²) < 4.78 is 5.47. The first-order valence-electron chi connectivity index (χ1n) is 27.5. The number of carbonyl (C=O) groups is 4. The van der Waals surface area contributed by atoms with E-state index in [1.165, 1.54) is 25.4 Å². The Bertz CT molecular complexity index is 4160. The molecule has 0 saturated carbocycles. The lowest BCUT2D eigenvalue weighted by Gasteiger charge is -2.08. The highest BCUT2D eigenvalue weighted by Gasteiger charge is 2.14. The molecule has 0 saturated heterocycles. The van der Waals surface area contributed by atoms with Crippen molar-refractivity contribution in [2.45, 2.75) is 79.2 Å². The number of primary amides is 1. The number of amides is 1. The van der Waals surface area contributed by atoms with Crippen LogP contribution in [0.1, 0.15) is 98.2 Å². The molecule has 0 aliphatic carbocycles. The van der Waals surface area contributed by atoms with Gasteiger partial charge in [-0.1, -0.05) is 71.2 Å². The number of nitrogen functional groups attached to an aromatic ring is 1. The molecule has 0 radical (unpaired) electrons. The summed E-state index contributed by atoms with van der Waals surface area (Å²) in [6.07, 6.45) is 9.01. The summed E-state index contributed by atoms with van der Waals surface area (Å²) >= 11 is 18.1. The molecule has 0 aliphatic rings. The maximum atomic E-state index is 12.3. The summed E-state index contributed by atoms with van der Waals surface area (Å²) in [5, 5.41) is 40.8. The normalized spacial score (nSPS) is 10.2. The van der Waals surface area contributed by atoms with E-state index in [1.807, 2.05) is 144 Å². The number of anilines is 1. The minimum absolute atomic E-state index is 0.0834. The fourth-order valence-corrected chi connectivity index (χ4v) is 9.00. The molecule has 7 aromatic heterocycles. The molecule has 1 amide bonds. The van der Waals surface area contributed by atoms with E-state index in [2.05, 4.69) is 35.2 Å². The molecule has 0 unspecified atom stereocenters. The van der Waals surface area contributed by atoms with Gasteiger partial charge in [-0.15, -0.1) is 0 Å². The summed E-state index contributed by atoms with van der Waals surface area (Å²) in [4.78, 5) is 61.9. The van der Waals surface area contributed by atoms with Crippen LogP contribution in [0.3, 0.4) is 0 Å². The Hall–Kier alpha value is -10.5. The van der Waals surface area contributed by atoms with E-state index in [1.54, 1.807) is 54.9 Å². The lowest BCUT2D eigenvalue weighted by atomic mass is 10.1. The maximum absolute atomic E-state index is 12.3. The number of halogens is 3. The topological polar surface area (TPSA) is 323 Å². The molecule has 20 nitrogen and oxygen atoms in total. The second-order valence-corrected chi connectivity index (χ2v) is 21.2. The van der Waals surface area contributed by atoms with Gasteiger partial charge in [0.1, 0.15) is 58.3 Å². The predicted octanol–water partition coefficient (Wildman–Crippen LogP) is 10.8. The first kappa shape index (κ1) is 67.6. The van der Waals surface area contributed by atoms with Gasteiger partial charge in [0.05, 0.1) is 51.7 Å². The Labute approximate surface area is 529 Å². The van der Waals surface area contributed by atoms with Crippen LogP contribution in [0, 0.1) is 54.8 Å². The molecular formula is C66H61Cl3N16O4. The molecule has 0 fully saturated rings. The number of nitriles is 3. The molecule has 0 atom stereocenters. The lowest BCUT2D eigenvalue weighted by Crippen LogP contribution is -2.13.